The Morgan fingerprint density at radius 2 is 2.09 bits per heavy atom. The molecule has 0 aliphatic heterocycles. The fourth-order valence-electron chi connectivity index (χ4n) is 0.597. The van der Waals surface area contributed by atoms with Crippen molar-refractivity contribution >= 4 is 5.97 Å². The Balaban J connectivity index is 3.52. The first-order valence-electron chi connectivity index (χ1n) is 3.93. The van der Waals surface area contributed by atoms with Gasteiger partial charge in [0.1, 0.15) is 0 Å². The third-order valence-electron chi connectivity index (χ3n) is 1.37. The molecule has 0 aromatic heterocycles. The molecule has 1 N–H and O–H groups in total. The molecule has 0 aliphatic carbocycles. The quantitative estimate of drug-likeness (QED) is 0.626. The summed E-state index contributed by atoms with van der Waals surface area (Å²) in [4.78, 5) is 10.8. The van der Waals surface area contributed by atoms with Gasteiger partial charge in [-0.2, -0.15) is 0 Å². The zero-order valence-electron chi connectivity index (χ0n) is 7.33. The molecule has 0 fully saturated rings. The van der Waals surface area contributed by atoms with Crippen LogP contribution in [0.4, 0.5) is 0 Å². The van der Waals surface area contributed by atoms with Crippen LogP contribution in [-0.4, -0.2) is 23.3 Å². The minimum atomic E-state index is -0.605. The first-order valence-corrected chi connectivity index (χ1v) is 3.93. The van der Waals surface area contributed by atoms with Gasteiger partial charge in [0.15, 0.2) is 0 Å². The van der Waals surface area contributed by atoms with Crippen molar-refractivity contribution in [2.24, 2.45) is 0 Å². The highest BCUT2D eigenvalue weighted by atomic mass is 16.5. The molecule has 66 valence electrons. The van der Waals surface area contributed by atoms with Gasteiger partial charge in [-0.15, -0.1) is 0 Å². The summed E-state index contributed by atoms with van der Waals surface area (Å²) in [5.41, 5.74) is 0. The van der Waals surface area contributed by atoms with E-state index in [1.807, 2.05) is 13.8 Å². The lowest BCUT2D eigenvalue weighted by Crippen LogP contribution is -2.17. The topological polar surface area (TPSA) is 46.5 Å². The zero-order chi connectivity index (χ0) is 8.85. The molecule has 0 saturated carbocycles. The fraction of sp³-hybridized carbons (Fsp3) is 0.875. The van der Waals surface area contributed by atoms with Gasteiger partial charge >= 0.3 is 5.97 Å². The Morgan fingerprint density at radius 1 is 1.55 bits per heavy atom. The van der Waals surface area contributed by atoms with E-state index in [0.717, 1.165) is 6.42 Å². The lowest BCUT2D eigenvalue weighted by Gasteiger charge is -2.11. The molecule has 3 nitrogen and oxygen atoms in total. The number of hydrogen-bond acceptors (Lipinski definition) is 3. The second-order valence-corrected chi connectivity index (χ2v) is 2.76. The third-order valence-corrected chi connectivity index (χ3v) is 1.37. The summed E-state index contributed by atoms with van der Waals surface area (Å²) in [6, 6.07) is 0. The van der Waals surface area contributed by atoms with Crippen molar-refractivity contribution < 1.29 is 14.6 Å². The molecule has 3 heteroatoms. The second-order valence-electron chi connectivity index (χ2n) is 2.76. The maximum Gasteiger partial charge on any atom is 0.308 e. The molecule has 0 radical (unpaired) electrons. The molecule has 11 heavy (non-hydrogen) atoms. The average Bonchev–Trinajstić information content (AvgIpc) is 1.85. The fourth-order valence-corrected chi connectivity index (χ4v) is 0.597. The SMILES string of the molecule is CCC(C)OC(=O)C[C@H](C)O. The lowest BCUT2D eigenvalue weighted by molar-refractivity contribution is -0.150. The predicted octanol–water partition coefficient (Wildman–Crippen LogP) is 1.10. The molecule has 0 aromatic rings. The first kappa shape index (κ1) is 10.4. The van der Waals surface area contributed by atoms with Crippen molar-refractivity contribution in [2.75, 3.05) is 0 Å². The summed E-state index contributed by atoms with van der Waals surface area (Å²) < 4.78 is 4.91. The van der Waals surface area contributed by atoms with Gasteiger partial charge in [-0.1, -0.05) is 6.92 Å². The smallest absolute Gasteiger partial charge is 0.308 e. The summed E-state index contributed by atoms with van der Waals surface area (Å²) >= 11 is 0. The number of carbonyl (C=O) groups excluding carboxylic acids is 1. The molecule has 0 heterocycles. The van der Waals surface area contributed by atoms with Crippen LogP contribution in [0.25, 0.3) is 0 Å². The molecular weight excluding hydrogens is 144 g/mol. The Hall–Kier alpha value is -0.570. The summed E-state index contributed by atoms with van der Waals surface area (Å²) in [6.07, 6.45) is 0.253. The van der Waals surface area contributed by atoms with Crippen molar-refractivity contribution in [3.63, 3.8) is 0 Å². The number of esters is 1. The maximum absolute atomic E-state index is 10.8. The molecular formula is C8H16O3. The Morgan fingerprint density at radius 3 is 2.45 bits per heavy atom. The minimum absolute atomic E-state index is 0.0405. The van der Waals surface area contributed by atoms with Crippen LogP contribution in [0.3, 0.4) is 0 Å². The van der Waals surface area contributed by atoms with E-state index in [-0.39, 0.29) is 18.5 Å². The second kappa shape index (κ2) is 5.13. The number of hydrogen-bond donors (Lipinski definition) is 1. The Bertz CT molecular complexity index is 121. The van der Waals surface area contributed by atoms with Crippen molar-refractivity contribution in [3.05, 3.63) is 0 Å². The van der Waals surface area contributed by atoms with E-state index in [4.69, 9.17) is 9.84 Å². The highest BCUT2D eigenvalue weighted by molar-refractivity contribution is 5.70. The van der Waals surface area contributed by atoms with Crippen LogP contribution >= 0.6 is 0 Å². The van der Waals surface area contributed by atoms with E-state index in [2.05, 4.69) is 0 Å². The van der Waals surface area contributed by atoms with Crippen molar-refractivity contribution in [2.45, 2.75) is 45.8 Å². The summed E-state index contributed by atoms with van der Waals surface area (Å²) in [6.45, 7) is 5.35. The number of carbonyl (C=O) groups is 1. The van der Waals surface area contributed by atoms with Gasteiger partial charge < -0.3 is 9.84 Å². The van der Waals surface area contributed by atoms with E-state index in [9.17, 15) is 4.79 Å². The highest BCUT2D eigenvalue weighted by Gasteiger charge is 2.09. The molecule has 2 atom stereocenters. The monoisotopic (exact) mass is 160 g/mol. The van der Waals surface area contributed by atoms with Crippen LogP contribution in [0.5, 0.6) is 0 Å². The van der Waals surface area contributed by atoms with Crippen LogP contribution in [0.1, 0.15) is 33.6 Å². The normalized spacial score (nSPS) is 15.6. The van der Waals surface area contributed by atoms with E-state index >= 15 is 0 Å². The summed E-state index contributed by atoms with van der Waals surface area (Å²) in [5, 5.41) is 8.81. The van der Waals surface area contributed by atoms with Gasteiger partial charge in [0, 0.05) is 0 Å². The van der Waals surface area contributed by atoms with E-state index < -0.39 is 6.10 Å². The Kier molecular flexibility index (Phi) is 4.86. The van der Waals surface area contributed by atoms with Crippen LogP contribution in [0, 0.1) is 0 Å². The molecule has 0 spiro atoms. The van der Waals surface area contributed by atoms with Crippen molar-refractivity contribution in [1.29, 1.82) is 0 Å². The van der Waals surface area contributed by atoms with Gasteiger partial charge in [0.2, 0.25) is 0 Å². The number of aliphatic hydroxyl groups is 1. The van der Waals surface area contributed by atoms with Gasteiger partial charge in [-0.25, -0.2) is 0 Å². The molecule has 0 aliphatic rings. The standard InChI is InChI=1S/C8H16O3/c1-4-7(3)11-8(10)5-6(2)9/h6-7,9H,4-5H2,1-3H3/t6-,7?/m0/s1. The lowest BCUT2D eigenvalue weighted by atomic mass is 10.3. The number of aliphatic hydroxyl groups excluding tert-OH is 1. The van der Waals surface area contributed by atoms with Crippen LogP contribution < -0.4 is 0 Å². The van der Waals surface area contributed by atoms with E-state index in [0.29, 0.717) is 0 Å². The largest absolute Gasteiger partial charge is 0.463 e. The Labute approximate surface area is 67.4 Å². The van der Waals surface area contributed by atoms with Crippen molar-refractivity contribution in [3.8, 4) is 0 Å². The number of ether oxygens (including phenoxy) is 1. The highest BCUT2D eigenvalue weighted by Crippen LogP contribution is 2.00. The van der Waals surface area contributed by atoms with Crippen molar-refractivity contribution in [1.82, 2.24) is 0 Å². The first-order chi connectivity index (χ1) is 5.06. The van der Waals surface area contributed by atoms with Gasteiger partial charge in [0.25, 0.3) is 0 Å². The third kappa shape index (κ3) is 5.85. The average molecular weight is 160 g/mol. The van der Waals surface area contributed by atoms with Gasteiger partial charge in [0.05, 0.1) is 18.6 Å². The summed E-state index contributed by atoms with van der Waals surface area (Å²) in [7, 11) is 0. The minimum Gasteiger partial charge on any atom is -0.463 e. The zero-order valence-corrected chi connectivity index (χ0v) is 7.33. The van der Waals surface area contributed by atoms with Gasteiger partial charge in [-0.3, -0.25) is 4.79 Å². The van der Waals surface area contributed by atoms with Gasteiger partial charge in [-0.05, 0) is 20.3 Å². The van der Waals surface area contributed by atoms with Crippen LogP contribution in [-0.2, 0) is 9.53 Å². The molecule has 1 unspecified atom stereocenters. The molecule has 0 amide bonds. The van der Waals surface area contributed by atoms with E-state index in [1.165, 1.54) is 0 Å². The van der Waals surface area contributed by atoms with Crippen LogP contribution in [0.15, 0.2) is 0 Å². The van der Waals surface area contributed by atoms with E-state index in [1.54, 1.807) is 6.92 Å². The predicted molar refractivity (Wildman–Crippen MR) is 42.1 cm³/mol. The molecule has 0 rings (SSSR count). The summed E-state index contributed by atoms with van der Waals surface area (Å²) in [5.74, 6) is -0.325. The molecule has 0 saturated heterocycles. The number of rotatable bonds is 4. The molecule has 0 aromatic carbocycles. The molecule has 0 bridgehead atoms. The van der Waals surface area contributed by atoms with Crippen LogP contribution in [0.2, 0.25) is 0 Å². The maximum atomic E-state index is 10.8.